The van der Waals surface area contributed by atoms with Gasteiger partial charge >= 0.3 is 0 Å². The molecular formula is C16H28N4O. The average molecular weight is 292 g/mol. The van der Waals surface area contributed by atoms with Gasteiger partial charge in [0, 0.05) is 31.6 Å². The van der Waals surface area contributed by atoms with E-state index in [2.05, 4.69) is 56.7 Å². The molecule has 1 saturated heterocycles. The SMILES string of the molecule is CNc1cc(N2CC(C)OC(C)(C)C2)nc(C(C)(C)C)n1. The summed E-state index contributed by atoms with van der Waals surface area (Å²) < 4.78 is 5.98. The standard InChI is InChI=1S/C16H28N4O/c1-11-9-20(10-16(5,6)21-11)13-8-12(17-7)18-14(19-13)15(2,3)4/h8,11H,9-10H2,1-7H3,(H,17,18,19). The molecule has 21 heavy (non-hydrogen) atoms. The summed E-state index contributed by atoms with van der Waals surface area (Å²) in [5.41, 5.74) is -0.237. The van der Waals surface area contributed by atoms with Crippen molar-refractivity contribution in [2.75, 3.05) is 30.4 Å². The summed E-state index contributed by atoms with van der Waals surface area (Å²) in [7, 11) is 1.89. The molecule has 0 bridgehead atoms. The highest BCUT2D eigenvalue weighted by Crippen LogP contribution is 2.28. The molecule has 0 aliphatic carbocycles. The second kappa shape index (κ2) is 5.44. The molecule has 1 N–H and O–H groups in total. The van der Waals surface area contributed by atoms with Crippen molar-refractivity contribution < 1.29 is 4.74 Å². The Morgan fingerprint density at radius 1 is 1.33 bits per heavy atom. The molecule has 1 unspecified atom stereocenters. The Balaban J connectivity index is 2.38. The summed E-state index contributed by atoms with van der Waals surface area (Å²) in [6, 6.07) is 2.02. The number of aromatic nitrogens is 2. The van der Waals surface area contributed by atoms with Crippen LogP contribution in [0.25, 0.3) is 0 Å². The first kappa shape index (κ1) is 16.0. The maximum Gasteiger partial charge on any atom is 0.138 e. The third-order valence-corrected chi connectivity index (χ3v) is 3.53. The highest BCUT2D eigenvalue weighted by atomic mass is 16.5. The fourth-order valence-corrected chi connectivity index (χ4v) is 2.69. The molecule has 2 rings (SSSR count). The van der Waals surface area contributed by atoms with Crippen molar-refractivity contribution in [2.24, 2.45) is 0 Å². The lowest BCUT2D eigenvalue weighted by Gasteiger charge is -2.42. The molecule has 0 radical (unpaired) electrons. The quantitative estimate of drug-likeness (QED) is 0.908. The zero-order valence-electron chi connectivity index (χ0n) is 14.3. The summed E-state index contributed by atoms with van der Waals surface area (Å²) in [5, 5.41) is 3.14. The molecule has 1 aromatic heterocycles. The predicted molar refractivity (Wildman–Crippen MR) is 87.1 cm³/mol. The molecule has 0 aromatic carbocycles. The van der Waals surface area contributed by atoms with Crippen LogP contribution in [0, 0.1) is 0 Å². The minimum absolute atomic E-state index is 0.0744. The first-order chi connectivity index (χ1) is 9.60. The molecule has 0 spiro atoms. The van der Waals surface area contributed by atoms with E-state index < -0.39 is 0 Å². The number of hydrogen-bond acceptors (Lipinski definition) is 5. The molecule has 1 aliphatic rings. The van der Waals surface area contributed by atoms with Crippen LogP contribution in [-0.4, -0.2) is 41.8 Å². The molecule has 1 aromatic rings. The van der Waals surface area contributed by atoms with Gasteiger partial charge < -0.3 is 15.0 Å². The zero-order chi connectivity index (χ0) is 15.8. The number of hydrogen-bond donors (Lipinski definition) is 1. The van der Waals surface area contributed by atoms with Crippen molar-refractivity contribution in [3.05, 3.63) is 11.9 Å². The summed E-state index contributed by atoms with van der Waals surface area (Å²) >= 11 is 0. The van der Waals surface area contributed by atoms with Gasteiger partial charge in [-0.3, -0.25) is 0 Å². The first-order valence-electron chi connectivity index (χ1n) is 7.61. The fraction of sp³-hybridized carbons (Fsp3) is 0.750. The van der Waals surface area contributed by atoms with Gasteiger partial charge in [0.25, 0.3) is 0 Å². The normalized spacial score (nSPS) is 22.2. The van der Waals surface area contributed by atoms with Crippen molar-refractivity contribution in [1.29, 1.82) is 0 Å². The molecule has 1 aliphatic heterocycles. The largest absolute Gasteiger partial charge is 0.373 e. The van der Waals surface area contributed by atoms with E-state index in [9.17, 15) is 0 Å². The first-order valence-corrected chi connectivity index (χ1v) is 7.61. The Kier molecular flexibility index (Phi) is 4.15. The van der Waals surface area contributed by atoms with Gasteiger partial charge in [-0.1, -0.05) is 20.8 Å². The zero-order valence-corrected chi connectivity index (χ0v) is 14.3. The Morgan fingerprint density at radius 2 is 2.00 bits per heavy atom. The Hall–Kier alpha value is -1.36. The lowest BCUT2D eigenvalue weighted by atomic mass is 9.95. The van der Waals surface area contributed by atoms with Crippen molar-refractivity contribution in [3.63, 3.8) is 0 Å². The van der Waals surface area contributed by atoms with Crippen LogP contribution in [0.15, 0.2) is 6.07 Å². The Labute approximate surface area is 128 Å². The van der Waals surface area contributed by atoms with Crippen LogP contribution < -0.4 is 10.2 Å². The van der Waals surface area contributed by atoms with Crippen LogP contribution in [0.2, 0.25) is 0 Å². The molecule has 0 saturated carbocycles. The van der Waals surface area contributed by atoms with Crippen molar-refractivity contribution >= 4 is 11.6 Å². The number of nitrogens with zero attached hydrogens (tertiary/aromatic N) is 3. The van der Waals surface area contributed by atoms with E-state index in [4.69, 9.17) is 9.72 Å². The number of nitrogens with one attached hydrogen (secondary N) is 1. The van der Waals surface area contributed by atoms with E-state index in [0.29, 0.717) is 0 Å². The lowest BCUT2D eigenvalue weighted by molar-refractivity contribution is -0.0751. The molecular weight excluding hydrogens is 264 g/mol. The summed E-state index contributed by atoms with van der Waals surface area (Å²) in [5.74, 6) is 2.70. The van der Waals surface area contributed by atoms with Gasteiger partial charge in [-0.05, 0) is 20.8 Å². The second-order valence-corrected chi connectivity index (χ2v) is 7.50. The van der Waals surface area contributed by atoms with Gasteiger partial charge in [-0.15, -0.1) is 0 Å². The van der Waals surface area contributed by atoms with E-state index in [1.807, 2.05) is 13.1 Å². The maximum atomic E-state index is 5.98. The van der Waals surface area contributed by atoms with E-state index in [1.54, 1.807) is 0 Å². The smallest absolute Gasteiger partial charge is 0.138 e. The summed E-state index contributed by atoms with van der Waals surface area (Å²) in [6.07, 6.45) is 0.194. The van der Waals surface area contributed by atoms with Crippen LogP contribution >= 0.6 is 0 Å². The van der Waals surface area contributed by atoms with Crippen LogP contribution in [0.1, 0.15) is 47.4 Å². The van der Waals surface area contributed by atoms with E-state index >= 15 is 0 Å². The molecule has 5 heteroatoms. The van der Waals surface area contributed by atoms with Gasteiger partial charge in [0.05, 0.1) is 11.7 Å². The van der Waals surface area contributed by atoms with E-state index in [0.717, 1.165) is 30.5 Å². The van der Waals surface area contributed by atoms with E-state index in [-0.39, 0.29) is 17.1 Å². The molecule has 1 fully saturated rings. The number of ether oxygens (including phenoxy) is 1. The number of morpholine rings is 1. The predicted octanol–water partition coefficient (Wildman–Crippen LogP) is 2.82. The third kappa shape index (κ3) is 3.84. The topological polar surface area (TPSA) is 50.3 Å². The average Bonchev–Trinajstić information content (AvgIpc) is 2.34. The Bertz CT molecular complexity index is 507. The molecule has 0 amide bonds. The van der Waals surface area contributed by atoms with Gasteiger partial charge in [0.1, 0.15) is 17.5 Å². The van der Waals surface area contributed by atoms with Crippen LogP contribution in [0.3, 0.4) is 0 Å². The van der Waals surface area contributed by atoms with Crippen molar-refractivity contribution in [1.82, 2.24) is 9.97 Å². The Morgan fingerprint density at radius 3 is 2.52 bits per heavy atom. The lowest BCUT2D eigenvalue weighted by Crippen LogP contribution is -2.52. The molecule has 2 heterocycles. The van der Waals surface area contributed by atoms with Gasteiger partial charge in [-0.2, -0.15) is 0 Å². The van der Waals surface area contributed by atoms with E-state index in [1.165, 1.54) is 0 Å². The monoisotopic (exact) mass is 292 g/mol. The highest BCUT2D eigenvalue weighted by molar-refractivity contribution is 5.50. The van der Waals surface area contributed by atoms with Crippen molar-refractivity contribution in [3.8, 4) is 0 Å². The van der Waals surface area contributed by atoms with Gasteiger partial charge in [0.15, 0.2) is 0 Å². The molecule has 118 valence electrons. The highest BCUT2D eigenvalue weighted by Gasteiger charge is 2.32. The van der Waals surface area contributed by atoms with Gasteiger partial charge in [0.2, 0.25) is 0 Å². The maximum absolute atomic E-state index is 5.98. The molecule has 5 nitrogen and oxygen atoms in total. The van der Waals surface area contributed by atoms with Crippen LogP contribution in [-0.2, 0) is 10.2 Å². The second-order valence-electron chi connectivity index (χ2n) is 7.50. The van der Waals surface area contributed by atoms with Gasteiger partial charge in [-0.25, -0.2) is 9.97 Å². The van der Waals surface area contributed by atoms with Crippen LogP contribution in [0.4, 0.5) is 11.6 Å². The minimum atomic E-state index is -0.162. The third-order valence-electron chi connectivity index (χ3n) is 3.53. The molecule has 1 atom stereocenters. The summed E-state index contributed by atoms with van der Waals surface area (Å²) in [6.45, 7) is 14.5. The number of anilines is 2. The van der Waals surface area contributed by atoms with Crippen molar-refractivity contribution in [2.45, 2.75) is 58.7 Å². The fourth-order valence-electron chi connectivity index (χ4n) is 2.69. The van der Waals surface area contributed by atoms with Crippen LogP contribution in [0.5, 0.6) is 0 Å². The minimum Gasteiger partial charge on any atom is -0.373 e. The summed E-state index contributed by atoms with van der Waals surface area (Å²) in [4.78, 5) is 11.7. The number of rotatable bonds is 2.